The summed E-state index contributed by atoms with van der Waals surface area (Å²) in [6, 6.07) is 6.87. The van der Waals surface area contributed by atoms with Crippen LogP contribution in [-0.4, -0.2) is 69.8 Å². The van der Waals surface area contributed by atoms with Crippen LogP contribution in [0.2, 0.25) is 0 Å². The van der Waals surface area contributed by atoms with Gasteiger partial charge in [-0.3, -0.25) is 14.3 Å². The van der Waals surface area contributed by atoms with Crippen molar-refractivity contribution in [3.8, 4) is 0 Å². The smallest absolute Gasteiger partial charge is 0.269 e. The first kappa shape index (κ1) is 20.3. The van der Waals surface area contributed by atoms with E-state index in [2.05, 4.69) is 23.2 Å². The third kappa shape index (κ3) is 7.21. The van der Waals surface area contributed by atoms with Crippen molar-refractivity contribution in [2.24, 2.45) is 0 Å². The summed E-state index contributed by atoms with van der Waals surface area (Å²) >= 11 is 0. The molecule has 10 heteroatoms. The first-order chi connectivity index (χ1) is 11.0. The van der Waals surface area contributed by atoms with E-state index in [1.165, 1.54) is 6.54 Å². The molecule has 1 aromatic rings. The van der Waals surface area contributed by atoms with Crippen LogP contribution < -0.4 is 4.90 Å². The highest BCUT2D eigenvalue weighted by Gasteiger charge is 2.22. The van der Waals surface area contributed by atoms with Gasteiger partial charge in [-0.15, -0.1) is 0 Å². The van der Waals surface area contributed by atoms with E-state index in [9.17, 15) is 23.1 Å². The Labute approximate surface area is 142 Å². The maximum Gasteiger partial charge on any atom is 0.269 e. The SMILES string of the molecule is COS(=O)(=O)[O-].C[N+]1(C)CCCN(c2ccc([N+](=O)[O-])cc2)CC1. The van der Waals surface area contributed by atoms with Crippen molar-refractivity contribution in [1.29, 1.82) is 0 Å². The zero-order valence-corrected chi connectivity index (χ0v) is 14.9. The Morgan fingerprint density at radius 1 is 1.17 bits per heavy atom. The zero-order valence-electron chi connectivity index (χ0n) is 14.0. The second-order valence-electron chi connectivity index (χ2n) is 6.07. The lowest BCUT2D eigenvalue weighted by molar-refractivity contribution is -0.887. The molecule has 1 aliphatic heterocycles. The third-order valence-corrected chi connectivity index (χ3v) is 4.20. The van der Waals surface area contributed by atoms with Gasteiger partial charge in [0.25, 0.3) is 5.69 Å². The molecular weight excluding hydrogens is 338 g/mol. The second-order valence-corrected chi connectivity index (χ2v) is 7.22. The molecule has 0 aromatic heterocycles. The van der Waals surface area contributed by atoms with Gasteiger partial charge in [0.15, 0.2) is 0 Å². The van der Waals surface area contributed by atoms with Crippen molar-refractivity contribution in [3.05, 3.63) is 34.4 Å². The van der Waals surface area contributed by atoms with Crippen LogP contribution in [0.25, 0.3) is 0 Å². The Balaban J connectivity index is 0.000000413. The quantitative estimate of drug-likeness (QED) is 0.259. The monoisotopic (exact) mass is 361 g/mol. The summed E-state index contributed by atoms with van der Waals surface area (Å²) in [4.78, 5) is 12.6. The molecule has 1 saturated heterocycles. The number of nitro benzene ring substituents is 1. The van der Waals surface area contributed by atoms with Crippen LogP contribution in [0.4, 0.5) is 11.4 Å². The van der Waals surface area contributed by atoms with Crippen LogP contribution in [0.5, 0.6) is 0 Å². The minimum atomic E-state index is -4.41. The largest absolute Gasteiger partial charge is 0.726 e. The molecule has 0 spiro atoms. The number of anilines is 1. The van der Waals surface area contributed by atoms with Crippen molar-refractivity contribution in [3.63, 3.8) is 0 Å². The summed E-state index contributed by atoms with van der Waals surface area (Å²) in [5.41, 5.74) is 1.24. The molecule has 1 aliphatic rings. The van der Waals surface area contributed by atoms with Gasteiger partial charge in [-0.25, -0.2) is 8.42 Å². The molecule has 1 heterocycles. The van der Waals surface area contributed by atoms with Gasteiger partial charge < -0.3 is 13.9 Å². The molecule has 0 bridgehead atoms. The van der Waals surface area contributed by atoms with Crippen LogP contribution >= 0.6 is 0 Å². The molecule has 0 N–H and O–H groups in total. The van der Waals surface area contributed by atoms with E-state index in [1.54, 1.807) is 12.1 Å². The lowest BCUT2D eigenvalue weighted by Crippen LogP contribution is -2.42. The Hall–Kier alpha value is -1.75. The van der Waals surface area contributed by atoms with Gasteiger partial charge in [0.1, 0.15) is 0 Å². The molecule has 0 amide bonds. The van der Waals surface area contributed by atoms with E-state index < -0.39 is 10.4 Å². The first-order valence-corrected chi connectivity index (χ1v) is 8.70. The Bertz CT molecular complexity index is 645. The molecule has 0 aliphatic carbocycles. The molecule has 0 atom stereocenters. The number of nitrogens with zero attached hydrogens (tertiary/aromatic N) is 3. The van der Waals surface area contributed by atoms with E-state index in [-0.39, 0.29) is 10.6 Å². The number of rotatable bonds is 3. The van der Waals surface area contributed by atoms with E-state index in [0.717, 1.165) is 43.3 Å². The highest BCUT2D eigenvalue weighted by atomic mass is 32.3. The number of non-ortho nitro benzene ring substituents is 1. The van der Waals surface area contributed by atoms with Crippen LogP contribution in [-0.2, 0) is 14.6 Å². The molecule has 24 heavy (non-hydrogen) atoms. The highest BCUT2D eigenvalue weighted by Crippen LogP contribution is 2.21. The van der Waals surface area contributed by atoms with Crippen molar-refractivity contribution in [1.82, 2.24) is 0 Å². The molecule has 0 unspecified atom stereocenters. The number of nitro groups is 1. The topological polar surface area (TPSA) is 113 Å². The Morgan fingerprint density at radius 3 is 2.17 bits per heavy atom. The van der Waals surface area contributed by atoms with E-state index in [1.807, 2.05) is 12.1 Å². The predicted octanol–water partition coefficient (Wildman–Crippen LogP) is 0.974. The summed E-state index contributed by atoms with van der Waals surface area (Å²) in [5, 5.41) is 10.6. The van der Waals surface area contributed by atoms with Crippen LogP contribution in [0.15, 0.2) is 24.3 Å². The summed E-state index contributed by atoms with van der Waals surface area (Å²) < 4.78 is 32.1. The van der Waals surface area contributed by atoms with Crippen molar-refractivity contribution in [2.45, 2.75) is 6.42 Å². The maximum absolute atomic E-state index is 10.6. The fraction of sp³-hybridized carbons (Fsp3) is 0.571. The average Bonchev–Trinajstić information content (AvgIpc) is 2.68. The standard InChI is InChI=1S/C13H20N3O2.CH4O4S/c1-16(2)10-3-8-14(9-11-16)12-4-6-13(7-5-12)15(17)18;1-5-6(2,3)4/h4-7H,3,8-11H2,1-2H3;1H3,(H,2,3,4)/q+1;/p-1. The van der Waals surface area contributed by atoms with Gasteiger partial charge in [-0.05, 0) is 12.1 Å². The molecule has 136 valence electrons. The van der Waals surface area contributed by atoms with Crippen LogP contribution in [0, 0.1) is 10.1 Å². The van der Waals surface area contributed by atoms with Gasteiger partial charge in [0.2, 0.25) is 10.4 Å². The number of hydrogen-bond acceptors (Lipinski definition) is 7. The fourth-order valence-corrected chi connectivity index (χ4v) is 2.35. The third-order valence-electron chi connectivity index (χ3n) is 3.80. The normalized spacial score (nSPS) is 17.4. The van der Waals surface area contributed by atoms with Crippen molar-refractivity contribution >= 4 is 21.8 Å². The van der Waals surface area contributed by atoms with Gasteiger partial charge in [-0.1, -0.05) is 0 Å². The van der Waals surface area contributed by atoms with Crippen LogP contribution in [0.1, 0.15) is 6.42 Å². The molecular formula is C14H23N3O6S. The van der Waals surface area contributed by atoms with Gasteiger partial charge in [0.05, 0.1) is 45.8 Å². The molecule has 9 nitrogen and oxygen atoms in total. The molecule has 1 fully saturated rings. The zero-order chi connectivity index (χ0) is 18.4. The molecule has 0 radical (unpaired) electrons. The van der Waals surface area contributed by atoms with Gasteiger partial charge in [-0.2, -0.15) is 0 Å². The highest BCUT2D eigenvalue weighted by molar-refractivity contribution is 7.80. The number of benzene rings is 1. The number of likely N-dealkylation sites (N-methyl/N-ethyl adjacent to an activating group) is 1. The molecule has 1 aromatic carbocycles. The fourth-order valence-electron chi connectivity index (χ4n) is 2.35. The van der Waals surface area contributed by atoms with Crippen LogP contribution in [0.3, 0.4) is 0 Å². The van der Waals surface area contributed by atoms with Crippen molar-refractivity contribution in [2.75, 3.05) is 52.3 Å². The number of hydrogen-bond donors (Lipinski definition) is 0. The maximum atomic E-state index is 10.6. The first-order valence-electron chi connectivity index (χ1n) is 7.37. The minimum absolute atomic E-state index is 0.157. The predicted molar refractivity (Wildman–Crippen MR) is 88.5 cm³/mol. The van der Waals surface area contributed by atoms with Crippen molar-refractivity contribution < 1.29 is 26.6 Å². The molecule has 2 rings (SSSR count). The summed E-state index contributed by atoms with van der Waals surface area (Å²) in [7, 11) is 0.895. The number of quaternary nitrogens is 1. The molecule has 0 saturated carbocycles. The summed E-state index contributed by atoms with van der Waals surface area (Å²) in [5.74, 6) is 0. The van der Waals surface area contributed by atoms with E-state index in [0.29, 0.717) is 0 Å². The van der Waals surface area contributed by atoms with Gasteiger partial charge >= 0.3 is 0 Å². The minimum Gasteiger partial charge on any atom is -0.726 e. The summed E-state index contributed by atoms with van der Waals surface area (Å²) in [6.45, 7) is 4.32. The summed E-state index contributed by atoms with van der Waals surface area (Å²) in [6.07, 6.45) is 1.16. The van der Waals surface area contributed by atoms with E-state index in [4.69, 9.17) is 0 Å². The lowest BCUT2D eigenvalue weighted by Gasteiger charge is -2.28. The second kappa shape index (κ2) is 8.38. The lowest BCUT2D eigenvalue weighted by atomic mass is 10.2. The Kier molecular flexibility index (Phi) is 7.08. The Morgan fingerprint density at radius 2 is 1.71 bits per heavy atom. The van der Waals surface area contributed by atoms with Gasteiger partial charge in [0, 0.05) is 30.8 Å². The average molecular weight is 361 g/mol. The van der Waals surface area contributed by atoms with E-state index >= 15 is 0 Å².